The van der Waals surface area contributed by atoms with Crippen molar-refractivity contribution in [2.75, 3.05) is 7.11 Å². The van der Waals surface area contributed by atoms with E-state index in [0.29, 0.717) is 6.61 Å². The molecule has 0 radical (unpaired) electrons. The first-order chi connectivity index (χ1) is 15.7. The number of ether oxygens (including phenoxy) is 1. The summed E-state index contributed by atoms with van der Waals surface area (Å²) in [6, 6.07) is 15.2. The molecule has 6 nitrogen and oxygen atoms in total. The van der Waals surface area contributed by atoms with E-state index in [-0.39, 0.29) is 24.5 Å². The SMILES string of the molecule is COCc1ccc(C(NC(=O)Cc2cnn(C)c2)C(=O)Cc2ccc([Si](C)(C)C)cc2)cc1. The van der Waals surface area contributed by atoms with E-state index in [2.05, 4.69) is 42.2 Å². The first kappa shape index (κ1) is 24.6. The van der Waals surface area contributed by atoms with Crippen molar-refractivity contribution in [3.05, 3.63) is 83.2 Å². The van der Waals surface area contributed by atoms with Gasteiger partial charge in [-0.25, -0.2) is 0 Å². The zero-order valence-corrected chi connectivity index (χ0v) is 21.1. The summed E-state index contributed by atoms with van der Waals surface area (Å²) in [6.07, 6.45) is 3.89. The maximum atomic E-state index is 13.4. The topological polar surface area (TPSA) is 73.2 Å². The number of ketones is 1. The van der Waals surface area contributed by atoms with Crippen LogP contribution in [-0.2, 0) is 40.8 Å². The summed E-state index contributed by atoms with van der Waals surface area (Å²) in [6.45, 7) is 7.40. The molecule has 0 aliphatic heterocycles. The minimum Gasteiger partial charge on any atom is -0.380 e. The van der Waals surface area contributed by atoms with E-state index in [1.165, 1.54) is 5.19 Å². The van der Waals surface area contributed by atoms with Gasteiger partial charge in [-0.2, -0.15) is 5.10 Å². The summed E-state index contributed by atoms with van der Waals surface area (Å²) in [5.74, 6) is -0.258. The van der Waals surface area contributed by atoms with Gasteiger partial charge in [-0.05, 0) is 22.3 Å². The van der Waals surface area contributed by atoms with Gasteiger partial charge < -0.3 is 10.1 Å². The number of Topliss-reactive ketones (excluding diaryl/α,β-unsaturated/α-hetero) is 1. The van der Waals surface area contributed by atoms with Gasteiger partial charge in [-0.15, -0.1) is 0 Å². The zero-order valence-electron chi connectivity index (χ0n) is 20.1. The lowest BCUT2D eigenvalue weighted by molar-refractivity contribution is -0.127. The molecule has 1 unspecified atom stereocenters. The molecule has 0 aliphatic carbocycles. The van der Waals surface area contributed by atoms with Crippen LogP contribution in [0.4, 0.5) is 0 Å². The molecule has 0 spiro atoms. The van der Waals surface area contributed by atoms with E-state index in [1.807, 2.05) is 43.4 Å². The van der Waals surface area contributed by atoms with Gasteiger partial charge in [-0.3, -0.25) is 14.3 Å². The van der Waals surface area contributed by atoms with Gasteiger partial charge in [0.05, 0.1) is 27.3 Å². The Kier molecular flexibility index (Phi) is 8.00. The normalized spacial score (nSPS) is 12.4. The Morgan fingerprint density at radius 1 is 0.970 bits per heavy atom. The molecule has 1 amide bonds. The van der Waals surface area contributed by atoms with Crippen molar-refractivity contribution in [2.45, 2.75) is 45.1 Å². The molecule has 7 heteroatoms. The smallest absolute Gasteiger partial charge is 0.225 e. The number of nitrogens with one attached hydrogen (secondary N) is 1. The van der Waals surface area contributed by atoms with Crippen molar-refractivity contribution in [3.63, 3.8) is 0 Å². The molecule has 3 aromatic rings. The minimum atomic E-state index is -1.40. The molecule has 1 aromatic heterocycles. The van der Waals surface area contributed by atoms with Gasteiger partial charge in [0.2, 0.25) is 5.91 Å². The van der Waals surface area contributed by atoms with E-state index in [1.54, 1.807) is 24.2 Å². The van der Waals surface area contributed by atoms with E-state index in [0.717, 1.165) is 22.3 Å². The fraction of sp³-hybridized carbons (Fsp3) is 0.346. The van der Waals surface area contributed by atoms with Crippen LogP contribution in [0.3, 0.4) is 0 Å². The average molecular weight is 464 g/mol. The Morgan fingerprint density at radius 3 is 2.15 bits per heavy atom. The third-order valence-corrected chi connectivity index (χ3v) is 7.64. The van der Waals surface area contributed by atoms with Crippen LogP contribution in [0.1, 0.15) is 28.3 Å². The summed E-state index contributed by atoms with van der Waals surface area (Å²) in [5, 5.41) is 8.41. The Morgan fingerprint density at radius 2 is 1.61 bits per heavy atom. The van der Waals surface area contributed by atoms with Crippen LogP contribution in [0.5, 0.6) is 0 Å². The summed E-state index contributed by atoms with van der Waals surface area (Å²) < 4.78 is 6.84. The third-order valence-electron chi connectivity index (χ3n) is 5.57. The number of nitrogens with zero attached hydrogens (tertiary/aromatic N) is 2. The standard InChI is InChI=1S/C26H33N3O3Si/c1-29-17-21(16-27-29)15-25(31)28-26(22-10-6-20(7-11-22)18-32-2)24(30)14-19-8-12-23(13-9-19)33(3,4)5/h6-13,16-17,26H,14-15,18H2,1-5H3,(H,28,31). The van der Waals surface area contributed by atoms with Crippen LogP contribution < -0.4 is 10.5 Å². The van der Waals surface area contributed by atoms with E-state index in [4.69, 9.17) is 4.74 Å². The van der Waals surface area contributed by atoms with Crippen molar-refractivity contribution in [1.29, 1.82) is 0 Å². The number of hydrogen-bond acceptors (Lipinski definition) is 4. The second-order valence-electron chi connectivity index (χ2n) is 9.46. The van der Waals surface area contributed by atoms with Gasteiger partial charge in [-0.1, -0.05) is 73.4 Å². The first-order valence-electron chi connectivity index (χ1n) is 11.1. The lowest BCUT2D eigenvalue weighted by Gasteiger charge is -2.20. The number of benzene rings is 2. The van der Waals surface area contributed by atoms with Gasteiger partial charge in [0, 0.05) is 26.8 Å². The predicted molar refractivity (Wildman–Crippen MR) is 133 cm³/mol. The van der Waals surface area contributed by atoms with Crippen molar-refractivity contribution >= 4 is 25.0 Å². The molecule has 3 rings (SSSR count). The lowest BCUT2D eigenvalue weighted by Crippen LogP contribution is -2.37. The van der Waals surface area contributed by atoms with Gasteiger partial charge in [0.25, 0.3) is 0 Å². The Hall–Kier alpha value is -3.03. The maximum absolute atomic E-state index is 13.4. The monoisotopic (exact) mass is 463 g/mol. The Labute approximate surface area is 197 Å². The predicted octanol–water partition coefficient (Wildman–Crippen LogP) is 3.32. The van der Waals surface area contributed by atoms with Crippen LogP contribution in [0, 0.1) is 0 Å². The zero-order chi connectivity index (χ0) is 24.0. The molecule has 1 N–H and O–H groups in total. The van der Waals surface area contributed by atoms with Crippen LogP contribution >= 0.6 is 0 Å². The maximum Gasteiger partial charge on any atom is 0.225 e. The molecule has 1 heterocycles. The molecular formula is C26H33N3O3Si. The second-order valence-corrected chi connectivity index (χ2v) is 14.5. The number of aromatic nitrogens is 2. The van der Waals surface area contributed by atoms with Gasteiger partial charge >= 0.3 is 0 Å². The van der Waals surface area contributed by atoms with Crippen molar-refractivity contribution < 1.29 is 14.3 Å². The molecule has 0 fully saturated rings. The molecule has 0 saturated carbocycles. The lowest BCUT2D eigenvalue weighted by atomic mass is 9.96. The van der Waals surface area contributed by atoms with Gasteiger partial charge in [0.15, 0.2) is 5.78 Å². The highest BCUT2D eigenvalue weighted by molar-refractivity contribution is 6.88. The highest BCUT2D eigenvalue weighted by atomic mass is 28.3. The van der Waals surface area contributed by atoms with Crippen molar-refractivity contribution in [2.24, 2.45) is 7.05 Å². The largest absolute Gasteiger partial charge is 0.380 e. The van der Waals surface area contributed by atoms with Crippen molar-refractivity contribution in [1.82, 2.24) is 15.1 Å². The summed E-state index contributed by atoms with van der Waals surface area (Å²) in [7, 11) is 2.05. The minimum absolute atomic E-state index is 0.0465. The molecule has 33 heavy (non-hydrogen) atoms. The summed E-state index contributed by atoms with van der Waals surface area (Å²) in [5.41, 5.74) is 3.53. The fourth-order valence-corrected chi connectivity index (χ4v) is 4.88. The van der Waals surface area contributed by atoms with Gasteiger partial charge in [0.1, 0.15) is 6.04 Å². The highest BCUT2D eigenvalue weighted by Crippen LogP contribution is 2.19. The fourth-order valence-electron chi connectivity index (χ4n) is 3.71. The van der Waals surface area contributed by atoms with Crippen LogP contribution in [-0.4, -0.2) is 36.7 Å². The Balaban J connectivity index is 1.79. The van der Waals surface area contributed by atoms with Crippen LogP contribution in [0.15, 0.2) is 60.9 Å². The third kappa shape index (κ3) is 6.97. The molecule has 174 valence electrons. The van der Waals surface area contributed by atoms with E-state index >= 15 is 0 Å². The number of carbonyl (C=O) groups excluding carboxylic acids is 2. The Bertz CT molecular complexity index is 1080. The summed E-state index contributed by atoms with van der Waals surface area (Å²) >= 11 is 0. The molecule has 0 saturated heterocycles. The summed E-state index contributed by atoms with van der Waals surface area (Å²) in [4.78, 5) is 26.1. The molecule has 2 aromatic carbocycles. The average Bonchev–Trinajstić information content (AvgIpc) is 3.17. The number of amides is 1. The second kappa shape index (κ2) is 10.7. The number of carbonyl (C=O) groups is 2. The first-order valence-corrected chi connectivity index (χ1v) is 14.6. The van der Waals surface area contributed by atoms with Crippen LogP contribution in [0.2, 0.25) is 19.6 Å². The molecular weight excluding hydrogens is 430 g/mol. The van der Waals surface area contributed by atoms with Crippen LogP contribution in [0.25, 0.3) is 0 Å². The number of methoxy groups -OCH3 is 1. The molecule has 1 atom stereocenters. The molecule has 0 aliphatic rings. The quantitative estimate of drug-likeness (QED) is 0.468. The highest BCUT2D eigenvalue weighted by Gasteiger charge is 2.24. The van der Waals surface area contributed by atoms with E-state index < -0.39 is 14.1 Å². The number of rotatable bonds is 10. The molecule has 0 bridgehead atoms. The number of aryl methyl sites for hydroxylation is 1. The van der Waals surface area contributed by atoms with Crippen molar-refractivity contribution in [3.8, 4) is 0 Å². The number of hydrogen-bond donors (Lipinski definition) is 1. The van der Waals surface area contributed by atoms with E-state index in [9.17, 15) is 9.59 Å².